The van der Waals surface area contributed by atoms with E-state index in [1.165, 1.54) is 32.2 Å². The van der Waals surface area contributed by atoms with Gasteiger partial charge < -0.3 is 10.1 Å². The van der Waals surface area contributed by atoms with E-state index in [-0.39, 0.29) is 11.2 Å². The third kappa shape index (κ3) is 2.68. The number of ether oxygens (including phenoxy) is 1. The molecule has 1 aliphatic heterocycles. The second-order valence-electron chi connectivity index (χ2n) is 7.31. The van der Waals surface area contributed by atoms with E-state index < -0.39 is 0 Å². The molecular weight excluding hydrogens is 210 g/mol. The van der Waals surface area contributed by atoms with Crippen molar-refractivity contribution in [2.24, 2.45) is 5.41 Å². The lowest BCUT2D eigenvalue weighted by Gasteiger charge is -2.43. The molecule has 1 atom stereocenters. The molecule has 0 aromatic rings. The summed E-state index contributed by atoms with van der Waals surface area (Å²) in [7, 11) is 0. The van der Waals surface area contributed by atoms with Crippen molar-refractivity contribution >= 4 is 0 Å². The molecule has 0 bridgehead atoms. The van der Waals surface area contributed by atoms with Gasteiger partial charge in [-0.3, -0.25) is 0 Å². The summed E-state index contributed by atoms with van der Waals surface area (Å²) in [6.45, 7) is 12.4. The molecule has 2 nitrogen and oxygen atoms in total. The number of hydrogen-bond donors (Lipinski definition) is 1. The highest BCUT2D eigenvalue weighted by Gasteiger charge is 2.46. The van der Waals surface area contributed by atoms with E-state index in [1.807, 2.05) is 0 Å². The first-order chi connectivity index (χ1) is 7.79. The summed E-state index contributed by atoms with van der Waals surface area (Å²) in [5.41, 5.74) is 0.602. The maximum absolute atomic E-state index is 6.14. The Hall–Kier alpha value is -0.0800. The fourth-order valence-corrected chi connectivity index (χ4v) is 3.55. The fourth-order valence-electron chi connectivity index (χ4n) is 3.55. The van der Waals surface area contributed by atoms with Gasteiger partial charge in [0.2, 0.25) is 0 Å². The molecule has 2 aliphatic rings. The minimum atomic E-state index is -0.0256. The molecule has 100 valence electrons. The van der Waals surface area contributed by atoms with Gasteiger partial charge in [-0.1, -0.05) is 13.3 Å². The van der Waals surface area contributed by atoms with Crippen LogP contribution in [0, 0.1) is 5.41 Å². The maximum atomic E-state index is 6.14. The Morgan fingerprint density at radius 3 is 2.18 bits per heavy atom. The molecule has 0 spiro atoms. The van der Waals surface area contributed by atoms with E-state index in [0.717, 1.165) is 6.42 Å². The van der Waals surface area contributed by atoms with E-state index in [2.05, 4.69) is 39.9 Å². The molecule has 2 rings (SSSR count). The summed E-state index contributed by atoms with van der Waals surface area (Å²) in [5.74, 6) is 0. The van der Waals surface area contributed by atoms with Gasteiger partial charge in [0.15, 0.2) is 0 Å². The zero-order chi connectivity index (χ0) is 12.7. The lowest BCUT2D eigenvalue weighted by molar-refractivity contribution is -0.0707. The summed E-state index contributed by atoms with van der Waals surface area (Å²) < 4.78 is 6.14. The molecule has 2 heteroatoms. The highest BCUT2D eigenvalue weighted by atomic mass is 16.5. The molecule has 0 radical (unpaired) electrons. The molecule has 1 aliphatic carbocycles. The van der Waals surface area contributed by atoms with Crippen molar-refractivity contribution in [1.29, 1.82) is 0 Å². The molecule has 1 N–H and O–H groups in total. The topological polar surface area (TPSA) is 21.3 Å². The minimum Gasteiger partial charge on any atom is -0.368 e. The van der Waals surface area contributed by atoms with Gasteiger partial charge in [0.05, 0.1) is 11.2 Å². The average Bonchev–Trinajstić information content (AvgIpc) is 2.33. The lowest BCUT2D eigenvalue weighted by Crippen LogP contribution is -2.49. The van der Waals surface area contributed by atoms with Crippen molar-refractivity contribution in [2.75, 3.05) is 6.54 Å². The van der Waals surface area contributed by atoms with E-state index in [0.29, 0.717) is 11.5 Å². The van der Waals surface area contributed by atoms with Gasteiger partial charge in [0.1, 0.15) is 0 Å². The van der Waals surface area contributed by atoms with Crippen LogP contribution in [0.1, 0.15) is 66.7 Å². The summed E-state index contributed by atoms with van der Waals surface area (Å²) in [6.07, 6.45) is 6.69. The van der Waals surface area contributed by atoms with Crippen molar-refractivity contribution in [3.8, 4) is 0 Å². The third-order valence-corrected chi connectivity index (χ3v) is 4.96. The van der Waals surface area contributed by atoms with Crippen LogP contribution in [0.2, 0.25) is 0 Å². The zero-order valence-corrected chi connectivity index (χ0v) is 12.2. The SMILES string of the molecule is CCC1(CNC2CC(C)(C)OC2(C)C)CCC1. The van der Waals surface area contributed by atoms with E-state index in [4.69, 9.17) is 4.74 Å². The third-order valence-electron chi connectivity index (χ3n) is 4.96. The van der Waals surface area contributed by atoms with Crippen molar-refractivity contribution in [3.05, 3.63) is 0 Å². The van der Waals surface area contributed by atoms with Gasteiger partial charge >= 0.3 is 0 Å². The van der Waals surface area contributed by atoms with Crippen molar-refractivity contribution in [2.45, 2.75) is 84.0 Å². The summed E-state index contributed by atoms with van der Waals surface area (Å²) in [6, 6.07) is 0.501. The summed E-state index contributed by atoms with van der Waals surface area (Å²) in [5, 5.41) is 3.80. The van der Waals surface area contributed by atoms with Crippen molar-refractivity contribution < 1.29 is 4.74 Å². The van der Waals surface area contributed by atoms with Crippen LogP contribution < -0.4 is 5.32 Å². The van der Waals surface area contributed by atoms with Gasteiger partial charge in [-0.15, -0.1) is 0 Å². The molecule has 1 saturated carbocycles. The van der Waals surface area contributed by atoms with Crippen LogP contribution in [-0.4, -0.2) is 23.8 Å². The number of hydrogen-bond acceptors (Lipinski definition) is 2. The van der Waals surface area contributed by atoms with E-state index in [1.54, 1.807) is 0 Å². The quantitative estimate of drug-likeness (QED) is 0.810. The predicted octanol–water partition coefficient (Wildman–Crippen LogP) is 3.50. The second-order valence-corrected chi connectivity index (χ2v) is 7.31. The molecule has 1 unspecified atom stereocenters. The first-order valence-electron chi connectivity index (χ1n) is 7.22. The molecule has 1 saturated heterocycles. The van der Waals surface area contributed by atoms with Crippen LogP contribution in [0.15, 0.2) is 0 Å². The van der Waals surface area contributed by atoms with Crippen LogP contribution in [0.25, 0.3) is 0 Å². The average molecular weight is 239 g/mol. The number of nitrogens with one attached hydrogen (secondary N) is 1. The number of rotatable bonds is 4. The Morgan fingerprint density at radius 1 is 1.18 bits per heavy atom. The van der Waals surface area contributed by atoms with Crippen LogP contribution in [0.5, 0.6) is 0 Å². The molecule has 0 aromatic heterocycles. The molecule has 17 heavy (non-hydrogen) atoms. The van der Waals surface area contributed by atoms with Crippen LogP contribution >= 0.6 is 0 Å². The normalized spacial score (nSPS) is 33.4. The van der Waals surface area contributed by atoms with Crippen LogP contribution in [0.3, 0.4) is 0 Å². The molecule has 0 aromatic carbocycles. The van der Waals surface area contributed by atoms with Crippen LogP contribution in [-0.2, 0) is 4.74 Å². The first-order valence-corrected chi connectivity index (χ1v) is 7.22. The second kappa shape index (κ2) is 4.24. The highest BCUT2D eigenvalue weighted by Crippen LogP contribution is 2.44. The minimum absolute atomic E-state index is 0.0256. The smallest absolute Gasteiger partial charge is 0.0787 e. The first kappa shape index (κ1) is 13.4. The zero-order valence-electron chi connectivity index (χ0n) is 12.2. The highest BCUT2D eigenvalue weighted by molar-refractivity contribution is 5.00. The van der Waals surface area contributed by atoms with Crippen molar-refractivity contribution in [1.82, 2.24) is 5.32 Å². The standard InChI is InChI=1S/C15H29NO/c1-6-15(8-7-9-15)11-16-12-10-13(2,3)17-14(12,4)5/h12,16H,6-11H2,1-5H3. The van der Waals surface area contributed by atoms with E-state index in [9.17, 15) is 0 Å². The molecule has 1 heterocycles. The fraction of sp³-hybridized carbons (Fsp3) is 1.00. The Bertz CT molecular complexity index is 273. The van der Waals surface area contributed by atoms with Gasteiger partial charge in [-0.05, 0) is 58.8 Å². The Morgan fingerprint density at radius 2 is 1.82 bits per heavy atom. The van der Waals surface area contributed by atoms with Crippen LogP contribution in [0.4, 0.5) is 0 Å². The van der Waals surface area contributed by atoms with E-state index >= 15 is 0 Å². The summed E-state index contributed by atoms with van der Waals surface area (Å²) >= 11 is 0. The lowest BCUT2D eigenvalue weighted by atomic mass is 9.67. The maximum Gasteiger partial charge on any atom is 0.0787 e. The largest absolute Gasteiger partial charge is 0.368 e. The summed E-state index contributed by atoms with van der Waals surface area (Å²) in [4.78, 5) is 0. The van der Waals surface area contributed by atoms with Gasteiger partial charge in [-0.25, -0.2) is 0 Å². The van der Waals surface area contributed by atoms with Crippen molar-refractivity contribution in [3.63, 3.8) is 0 Å². The Balaban J connectivity index is 1.91. The van der Waals surface area contributed by atoms with Gasteiger partial charge in [0.25, 0.3) is 0 Å². The van der Waals surface area contributed by atoms with Gasteiger partial charge in [-0.2, -0.15) is 0 Å². The van der Waals surface area contributed by atoms with Gasteiger partial charge in [0, 0.05) is 12.6 Å². The predicted molar refractivity (Wildman–Crippen MR) is 72.2 cm³/mol. The molecular formula is C15H29NO. The Kier molecular flexibility index (Phi) is 3.33. The molecule has 2 fully saturated rings. The Labute approximate surface area is 107 Å². The monoisotopic (exact) mass is 239 g/mol. The molecule has 0 amide bonds.